The highest BCUT2D eigenvalue weighted by molar-refractivity contribution is 6.46. The first-order valence-corrected chi connectivity index (χ1v) is 9.10. The Kier molecular flexibility index (Phi) is 6.14. The minimum atomic E-state index is -4.63. The molecule has 0 aliphatic heterocycles. The van der Waals surface area contributed by atoms with E-state index in [2.05, 4.69) is 20.4 Å². The number of halogens is 4. The number of hydrogen-bond donors (Lipinski definition) is 2. The molecular weight excluding hydrogens is 402 g/mol. The van der Waals surface area contributed by atoms with E-state index in [1.54, 1.807) is 12.1 Å². The predicted octanol–water partition coefficient (Wildman–Crippen LogP) is 3.52. The molecular formula is C20H19F4N5O. The molecule has 30 heavy (non-hydrogen) atoms. The first-order valence-electron chi connectivity index (χ1n) is 9.10. The summed E-state index contributed by atoms with van der Waals surface area (Å²) >= 11 is 0. The minimum Gasteiger partial charge on any atom is -0.348 e. The zero-order valence-corrected chi connectivity index (χ0v) is 16.0. The maximum atomic E-state index is 13.6. The fourth-order valence-corrected chi connectivity index (χ4v) is 3.33. The van der Waals surface area contributed by atoms with Crippen molar-refractivity contribution in [1.82, 2.24) is 10.3 Å². The second kappa shape index (κ2) is 8.60. The van der Waals surface area contributed by atoms with Gasteiger partial charge < -0.3 is 11.2 Å². The Balaban J connectivity index is 1.83. The summed E-state index contributed by atoms with van der Waals surface area (Å²) in [7, 11) is 0. The van der Waals surface area contributed by atoms with E-state index in [4.69, 9.17) is 5.84 Å². The zero-order valence-electron chi connectivity index (χ0n) is 16.0. The van der Waals surface area contributed by atoms with Crippen molar-refractivity contribution >= 4 is 23.1 Å². The van der Waals surface area contributed by atoms with E-state index >= 15 is 0 Å². The Morgan fingerprint density at radius 1 is 1.27 bits per heavy atom. The molecule has 1 unspecified atom stereocenters. The summed E-state index contributed by atoms with van der Waals surface area (Å²) in [5, 5.41) is 6.47. The summed E-state index contributed by atoms with van der Waals surface area (Å²) in [6, 6.07) is 5.34. The first kappa shape index (κ1) is 21.4. The molecule has 0 bridgehead atoms. The number of hydrogen-bond acceptors (Lipinski definition) is 5. The van der Waals surface area contributed by atoms with Crippen LogP contribution in [-0.4, -0.2) is 28.4 Å². The van der Waals surface area contributed by atoms with Crippen LogP contribution in [0.2, 0.25) is 0 Å². The first-order chi connectivity index (χ1) is 14.2. The maximum Gasteiger partial charge on any atom is 0.416 e. The molecule has 1 fully saturated rings. The largest absolute Gasteiger partial charge is 0.416 e. The molecule has 1 heterocycles. The number of amides is 1. The maximum absolute atomic E-state index is 13.6. The molecule has 10 heteroatoms. The number of nitrogens with two attached hydrogens (primary N) is 1. The third-order valence-corrected chi connectivity index (χ3v) is 4.56. The zero-order chi connectivity index (χ0) is 21.9. The number of alkyl halides is 3. The van der Waals surface area contributed by atoms with Crippen molar-refractivity contribution in [2.45, 2.75) is 38.4 Å². The van der Waals surface area contributed by atoms with Crippen molar-refractivity contribution in [2.75, 3.05) is 0 Å². The predicted molar refractivity (Wildman–Crippen MR) is 104 cm³/mol. The van der Waals surface area contributed by atoms with Crippen LogP contribution in [0.25, 0.3) is 0 Å². The fraction of sp³-hybridized carbons (Fsp3) is 0.300. The molecule has 3 N–H and O–H groups in total. The Morgan fingerprint density at radius 2 is 2.03 bits per heavy atom. The lowest BCUT2D eigenvalue weighted by molar-refractivity contribution is -0.137. The summed E-state index contributed by atoms with van der Waals surface area (Å²) in [4.78, 5) is 19.9. The lowest BCUT2D eigenvalue weighted by Gasteiger charge is -2.11. The SMILES string of the molecule is CC(=O)NC1CCC(=Nc2cc(Cc3cc(F)cc(C(F)(F)F)c3)ccn2)/C1=N\N. The van der Waals surface area contributed by atoms with E-state index in [1.807, 2.05) is 0 Å². The summed E-state index contributed by atoms with van der Waals surface area (Å²) in [6.45, 7) is 1.39. The minimum absolute atomic E-state index is 0.0770. The van der Waals surface area contributed by atoms with E-state index in [0.717, 1.165) is 12.1 Å². The molecule has 3 rings (SSSR count). The van der Waals surface area contributed by atoms with Crippen LogP contribution >= 0.6 is 0 Å². The van der Waals surface area contributed by atoms with Crippen LogP contribution in [0.3, 0.4) is 0 Å². The van der Waals surface area contributed by atoms with Gasteiger partial charge >= 0.3 is 6.18 Å². The van der Waals surface area contributed by atoms with Crippen LogP contribution in [0.1, 0.15) is 36.5 Å². The summed E-state index contributed by atoms with van der Waals surface area (Å²) in [6.07, 6.45) is -1.95. The molecule has 1 aromatic heterocycles. The van der Waals surface area contributed by atoms with Crippen LogP contribution in [0.15, 0.2) is 46.6 Å². The second-order valence-corrected chi connectivity index (χ2v) is 6.91. The second-order valence-electron chi connectivity index (χ2n) is 6.91. The van der Waals surface area contributed by atoms with Crippen LogP contribution in [0.4, 0.5) is 23.4 Å². The van der Waals surface area contributed by atoms with Gasteiger partial charge in [-0.3, -0.25) is 4.79 Å². The lowest BCUT2D eigenvalue weighted by atomic mass is 10.0. The number of nitrogens with one attached hydrogen (secondary N) is 1. The molecule has 1 atom stereocenters. The van der Waals surface area contributed by atoms with Gasteiger partial charge in [0.25, 0.3) is 0 Å². The molecule has 6 nitrogen and oxygen atoms in total. The summed E-state index contributed by atoms with van der Waals surface area (Å²) < 4.78 is 52.4. The smallest absolute Gasteiger partial charge is 0.348 e. The number of aliphatic imine (C=N–C) groups is 1. The molecule has 1 amide bonds. The quantitative estimate of drug-likeness (QED) is 0.450. The highest BCUT2D eigenvalue weighted by atomic mass is 19.4. The van der Waals surface area contributed by atoms with Gasteiger partial charge in [0.15, 0.2) is 5.82 Å². The van der Waals surface area contributed by atoms with Gasteiger partial charge in [0.1, 0.15) is 11.5 Å². The van der Waals surface area contributed by atoms with Crippen molar-refractivity contribution in [3.05, 3.63) is 59.0 Å². The Hall–Kier alpha value is -3.30. The number of carbonyl (C=O) groups is 1. The standard InChI is InChI=1S/C20H19F4N5O/c1-11(30)27-16-2-3-17(19(16)29-25)28-18-9-12(4-5-26-18)6-13-7-14(20(22,23)24)10-15(21)8-13/h4-5,7-10,16H,2-3,6,25H2,1H3,(H,27,30)/b28-17?,29-19-. The number of nitrogens with zero attached hydrogens (tertiary/aromatic N) is 3. The molecule has 1 aliphatic rings. The van der Waals surface area contributed by atoms with Gasteiger partial charge in [-0.05, 0) is 60.7 Å². The third kappa shape index (κ3) is 5.19. The highest BCUT2D eigenvalue weighted by Crippen LogP contribution is 2.31. The lowest BCUT2D eigenvalue weighted by Crippen LogP contribution is -2.38. The van der Waals surface area contributed by atoms with Crippen molar-refractivity contribution in [3.8, 4) is 0 Å². The van der Waals surface area contributed by atoms with Crippen molar-refractivity contribution in [2.24, 2.45) is 15.9 Å². The normalized spacial score (nSPS) is 19.4. The number of carbonyl (C=O) groups excluding carboxylic acids is 1. The average Bonchev–Trinajstić information content (AvgIpc) is 3.01. The molecule has 2 aromatic rings. The molecule has 158 valence electrons. The Morgan fingerprint density at radius 3 is 2.70 bits per heavy atom. The van der Waals surface area contributed by atoms with Crippen LogP contribution < -0.4 is 11.2 Å². The van der Waals surface area contributed by atoms with Crippen molar-refractivity contribution < 1.29 is 22.4 Å². The van der Waals surface area contributed by atoms with E-state index < -0.39 is 17.6 Å². The molecule has 1 aromatic carbocycles. The highest BCUT2D eigenvalue weighted by Gasteiger charge is 2.31. The van der Waals surface area contributed by atoms with Gasteiger partial charge in [0.2, 0.25) is 5.91 Å². The fourth-order valence-electron chi connectivity index (χ4n) is 3.33. The molecule has 1 saturated carbocycles. The number of hydrazone groups is 1. The third-order valence-electron chi connectivity index (χ3n) is 4.56. The molecule has 1 aliphatic carbocycles. The van der Waals surface area contributed by atoms with Gasteiger partial charge in [-0.1, -0.05) is 0 Å². The summed E-state index contributed by atoms with van der Waals surface area (Å²) in [5.74, 6) is 4.60. The number of pyridine rings is 1. The number of aromatic nitrogens is 1. The van der Waals surface area contributed by atoms with E-state index in [0.29, 0.717) is 41.7 Å². The Labute approximate surface area is 169 Å². The van der Waals surface area contributed by atoms with Crippen LogP contribution in [0, 0.1) is 5.82 Å². The molecule has 0 saturated heterocycles. The van der Waals surface area contributed by atoms with Gasteiger partial charge in [-0.15, -0.1) is 0 Å². The average molecular weight is 421 g/mol. The van der Waals surface area contributed by atoms with Gasteiger partial charge in [0.05, 0.1) is 17.3 Å². The van der Waals surface area contributed by atoms with E-state index in [1.165, 1.54) is 13.1 Å². The van der Waals surface area contributed by atoms with Gasteiger partial charge in [0, 0.05) is 13.1 Å². The number of rotatable bonds is 4. The van der Waals surface area contributed by atoms with Crippen molar-refractivity contribution in [3.63, 3.8) is 0 Å². The Bertz CT molecular complexity index is 1020. The molecule has 0 radical (unpaired) electrons. The number of benzene rings is 1. The summed E-state index contributed by atoms with van der Waals surface area (Å²) in [5.41, 5.74) is 0.794. The van der Waals surface area contributed by atoms with E-state index in [-0.39, 0.29) is 23.9 Å². The monoisotopic (exact) mass is 421 g/mol. The van der Waals surface area contributed by atoms with Crippen LogP contribution in [-0.2, 0) is 17.4 Å². The van der Waals surface area contributed by atoms with E-state index in [9.17, 15) is 22.4 Å². The van der Waals surface area contributed by atoms with Gasteiger partial charge in [-0.25, -0.2) is 14.4 Å². The van der Waals surface area contributed by atoms with Crippen molar-refractivity contribution in [1.29, 1.82) is 0 Å². The van der Waals surface area contributed by atoms with Gasteiger partial charge in [-0.2, -0.15) is 18.3 Å². The topological polar surface area (TPSA) is 92.7 Å². The molecule has 0 spiro atoms. The van der Waals surface area contributed by atoms with Crippen LogP contribution in [0.5, 0.6) is 0 Å².